The Labute approximate surface area is 136 Å². The topological polar surface area (TPSA) is 0 Å². The van der Waals surface area contributed by atoms with Crippen LogP contribution in [-0.2, 0) is 0 Å². The zero-order chi connectivity index (χ0) is 16.2. The lowest BCUT2D eigenvalue weighted by Crippen LogP contribution is -2.16. The summed E-state index contributed by atoms with van der Waals surface area (Å²) in [5.74, 6) is 0. The molecule has 0 nitrogen and oxygen atoms in total. The maximum Gasteiger partial charge on any atom is 0.140 e. The Kier molecular flexibility index (Phi) is 6.16. The highest BCUT2D eigenvalue weighted by Crippen LogP contribution is 2.40. The van der Waals surface area contributed by atoms with E-state index in [-0.39, 0.29) is 5.41 Å². The van der Waals surface area contributed by atoms with Gasteiger partial charge in [-0.3, -0.25) is 0 Å². The van der Waals surface area contributed by atoms with E-state index >= 15 is 0 Å². The van der Waals surface area contributed by atoms with E-state index in [0.717, 1.165) is 11.3 Å². The molecule has 2 heteroatoms. The van der Waals surface area contributed by atoms with Gasteiger partial charge in [0.2, 0.25) is 0 Å². The molecule has 1 aromatic carbocycles. The molecule has 1 rings (SSSR count). The summed E-state index contributed by atoms with van der Waals surface area (Å²) in [7, 11) is 2.19. The highest BCUT2D eigenvalue weighted by Gasteiger charge is 2.24. The van der Waals surface area contributed by atoms with E-state index in [1.165, 1.54) is 27.8 Å². The van der Waals surface area contributed by atoms with Gasteiger partial charge in [-0.2, -0.15) is 0 Å². The number of rotatable bonds is 5. The predicted octanol–water partition coefficient (Wildman–Crippen LogP) is 5.25. The number of hydrogen-bond acceptors (Lipinski definition) is 1. The maximum atomic E-state index is 4.56. The summed E-state index contributed by atoms with van der Waals surface area (Å²) in [6.45, 7) is 15.2. The van der Waals surface area contributed by atoms with Crippen molar-refractivity contribution < 1.29 is 0 Å². The smallest absolute Gasteiger partial charge is 0.140 e. The van der Waals surface area contributed by atoms with Crippen LogP contribution < -0.4 is 0 Å². The maximum absolute atomic E-state index is 4.56. The molecule has 0 atom stereocenters. The summed E-state index contributed by atoms with van der Waals surface area (Å²) in [6, 6.07) is 10.5. The van der Waals surface area contributed by atoms with Crippen LogP contribution in [-0.4, -0.2) is 7.85 Å². The SMILES string of the molecule is BC(/C(C)=C(\C(=C)S)C(C)(C)CC)=C(/C)c1ccccc1. The van der Waals surface area contributed by atoms with Crippen LogP contribution in [0.4, 0.5) is 0 Å². The second-order valence-corrected chi connectivity index (χ2v) is 6.84. The van der Waals surface area contributed by atoms with Crippen molar-refractivity contribution >= 4 is 26.0 Å². The monoisotopic (exact) mass is 298 g/mol. The highest BCUT2D eigenvalue weighted by molar-refractivity contribution is 7.84. The fourth-order valence-corrected chi connectivity index (χ4v) is 3.14. The first-order chi connectivity index (χ1) is 9.72. The number of benzene rings is 1. The molecule has 112 valence electrons. The molecule has 0 radical (unpaired) electrons. The molecule has 0 heterocycles. The van der Waals surface area contributed by atoms with Crippen molar-refractivity contribution in [2.75, 3.05) is 0 Å². The van der Waals surface area contributed by atoms with Gasteiger partial charge in [-0.15, -0.1) is 12.6 Å². The molecule has 21 heavy (non-hydrogen) atoms. The lowest BCUT2D eigenvalue weighted by atomic mass is 9.73. The molecular weight excluding hydrogens is 271 g/mol. The number of hydrogen-bond donors (Lipinski definition) is 1. The van der Waals surface area contributed by atoms with Gasteiger partial charge in [0.1, 0.15) is 7.85 Å². The first-order valence-electron chi connectivity index (χ1n) is 7.55. The lowest BCUT2D eigenvalue weighted by molar-refractivity contribution is 0.436. The van der Waals surface area contributed by atoms with Crippen molar-refractivity contribution in [3.8, 4) is 0 Å². The summed E-state index contributed by atoms with van der Waals surface area (Å²) in [5.41, 5.74) is 6.54. The highest BCUT2D eigenvalue weighted by atomic mass is 32.1. The molecule has 1 aromatic rings. The van der Waals surface area contributed by atoms with Crippen LogP contribution in [0.5, 0.6) is 0 Å². The number of thiol groups is 1. The second kappa shape index (κ2) is 7.22. The Bertz CT molecular complexity index is 577. The average Bonchev–Trinajstić information content (AvgIpc) is 2.45. The van der Waals surface area contributed by atoms with E-state index in [1.54, 1.807) is 0 Å². The molecule has 0 fully saturated rings. The zero-order valence-electron chi connectivity index (χ0n) is 14.2. The van der Waals surface area contributed by atoms with Crippen molar-refractivity contribution in [3.63, 3.8) is 0 Å². The average molecular weight is 298 g/mol. The third kappa shape index (κ3) is 4.17. The first-order valence-corrected chi connectivity index (χ1v) is 8.00. The van der Waals surface area contributed by atoms with Crippen molar-refractivity contribution in [2.24, 2.45) is 5.41 Å². The van der Waals surface area contributed by atoms with E-state index in [2.05, 4.69) is 92.0 Å². The fraction of sp³-hybridized carbons (Fsp3) is 0.368. The van der Waals surface area contributed by atoms with Gasteiger partial charge in [-0.1, -0.05) is 68.7 Å². The third-order valence-corrected chi connectivity index (χ3v) is 4.78. The molecule has 0 saturated carbocycles. The second-order valence-electron chi connectivity index (χ2n) is 6.30. The van der Waals surface area contributed by atoms with Gasteiger partial charge in [0.25, 0.3) is 0 Å². The van der Waals surface area contributed by atoms with Crippen molar-refractivity contribution in [1.29, 1.82) is 0 Å². The van der Waals surface area contributed by atoms with E-state index in [0.29, 0.717) is 0 Å². The minimum absolute atomic E-state index is 0.0845. The molecule has 0 unspecified atom stereocenters. The summed E-state index contributed by atoms with van der Waals surface area (Å²) < 4.78 is 0. The van der Waals surface area contributed by atoms with Gasteiger partial charge in [-0.05, 0) is 42.4 Å². The normalized spacial score (nSPS) is 14.4. The van der Waals surface area contributed by atoms with Crippen molar-refractivity contribution in [3.05, 3.63) is 64.0 Å². The molecule has 0 aliphatic heterocycles. The van der Waals surface area contributed by atoms with E-state index in [1.807, 2.05) is 0 Å². The Morgan fingerprint density at radius 3 is 2.14 bits per heavy atom. The van der Waals surface area contributed by atoms with E-state index < -0.39 is 0 Å². The Morgan fingerprint density at radius 2 is 1.71 bits per heavy atom. The lowest BCUT2D eigenvalue weighted by Gasteiger charge is -2.30. The van der Waals surface area contributed by atoms with Crippen LogP contribution in [0.3, 0.4) is 0 Å². The van der Waals surface area contributed by atoms with Gasteiger partial charge in [0.15, 0.2) is 0 Å². The van der Waals surface area contributed by atoms with E-state index in [9.17, 15) is 0 Å². The molecule has 0 aliphatic carbocycles. The zero-order valence-corrected chi connectivity index (χ0v) is 15.1. The van der Waals surface area contributed by atoms with Crippen LogP contribution in [0.2, 0.25) is 0 Å². The van der Waals surface area contributed by atoms with Crippen LogP contribution in [0, 0.1) is 5.41 Å². The van der Waals surface area contributed by atoms with Gasteiger partial charge in [0.05, 0.1) is 0 Å². The summed E-state index contributed by atoms with van der Waals surface area (Å²) in [4.78, 5) is 0.875. The van der Waals surface area contributed by atoms with Gasteiger partial charge >= 0.3 is 0 Å². The Morgan fingerprint density at radius 1 is 1.19 bits per heavy atom. The minimum atomic E-state index is 0.0845. The summed E-state index contributed by atoms with van der Waals surface area (Å²) in [5, 5.41) is 0. The van der Waals surface area contributed by atoms with Crippen LogP contribution in [0.15, 0.2) is 58.4 Å². The molecule has 0 saturated heterocycles. The third-order valence-electron chi connectivity index (χ3n) is 4.56. The molecule has 0 amide bonds. The predicted molar refractivity (Wildman–Crippen MR) is 102 cm³/mol. The summed E-state index contributed by atoms with van der Waals surface area (Å²) in [6.07, 6.45) is 1.07. The van der Waals surface area contributed by atoms with Crippen LogP contribution >= 0.6 is 12.6 Å². The molecular formula is C19H27BS. The van der Waals surface area contributed by atoms with Crippen LogP contribution in [0.1, 0.15) is 46.6 Å². The largest absolute Gasteiger partial charge is 0.144 e. The van der Waals surface area contributed by atoms with Gasteiger partial charge < -0.3 is 0 Å². The van der Waals surface area contributed by atoms with Crippen molar-refractivity contribution in [1.82, 2.24) is 0 Å². The standard InChI is InChI=1S/C19H27BS/c1-7-19(5,6)17(15(4)21)14(3)18(20)13(2)16-11-9-8-10-12-16/h8-12,21H,4,7,20H2,1-3,5-6H3/b17-14+,18-13-. The quantitative estimate of drug-likeness (QED) is 0.428. The van der Waals surface area contributed by atoms with Crippen LogP contribution in [0.25, 0.3) is 5.57 Å². The number of allylic oxidation sites excluding steroid dienone is 4. The van der Waals surface area contributed by atoms with Gasteiger partial charge in [-0.25, -0.2) is 0 Å². The van der Waals surface area contributed by atoms with E-state index in [4.69, 9.17) is 0 Å². The fourth-order valence-electron chi connectivity index (χ4n) is 2.66. The summed E-state index contributed by atoms with van der Waals surface area (Å²) >= 11 is 4.56. The van der Waals surface area contributed by atoms with Gasteiger partial charge in [0, 0.05) is 4.91 Å². The molecule has 0 N–H and O–H groups in total. The molecule has 0 spiro atoms. The Hall–Kier alpha value is -1.15. The first kappa shape index (κ1) is 17.9. The van der Waals surface area contributed by atoms with Crippen molar-refractivity contribution in [2.45, 2.75) is 41.0 Å². The Balaban J connectivity index is 3.47. The molecule has 0 aliphatic rings. The molecule has 0 aromatic heterocycles. The molecule has 0 bridgehead atoms. The minimum Gasteiger partial charge on any atom is -0.144 e.